The van der Waals surface area contributed by atoms with Crippen LogP contribution in [0.2, 0.25) is 0 Å². The summed E-state index contributed by atoms with van der Waals surface area (Å²) in [7, 11) is 0. The summed E-state index contributed by atoms with van der Waals surface area (Å²) in [5, 5.41) is 39.1. The molecular formula is C11H14N4O5S. The third kappa shape index (κ3) is 2.61. The van der Waals surface area contributed by atoms with Crippen molar-refractivity contribution < 1.29 is 25.2 Å². The highest BCUT2D eigenvalue weighted by atomic mass is 32.2. The molecule has 0 radical (unpaired) electrons. The number of ether oxygens (including phenoxy) is 1. The van der Waals surface area contributed by atoms with Gasteiger partial charge in [-0.3, -0.25) is 0 Å². The van der Waals surface area contributed by atoms with Gasteiger partial charge in [-0.1, -0.05) is 11.8 Å². The molecule has 9 nitrogen and oxygen atoms in total. The van der Waals surface area contributed by atoms with Crippen molar-refractivity contribution in [1.29, 1.82) is 0 Å². The third-order valence-electron chi connectivity index (χ3n) is 3.26. The van der Waals surface area contributed by atoms with Crippen molar-refractivity contribution >= 4 is 22.9 Å². The Labute approximate surface area is 123 Å². The van der Waals surface area contributed by atoms with Gasteiger partial charge in [-0.05, 0) is 0 Å². The highest BCUT2D eigenvalue weighted by Gasteiger charge is 2.44. The van der Waals surface area contributed by atoms with Gasteiger partial charge in [0.05, 0.1) is 12.9 Å². The quantitative estimate of drug-likeness (QED) is 0.416. The van der Waals surface area contributed by atoms with Crippen molar-refractivity contribution in [3.05, 3.63) is 12.7 Å². The van der Waals surface area contributed by atoms with E-state index in [-0.39, 0.29) is 0 Å². The highest BCUT2D eigenvalue weighted by molar-refractivity contribution is 8.00. The summed E-state index contributed by atoms with van der Waals surface area (Å²) < 4.78 is 5.42. The summed E-state index contributed by atoms with van der Waals surface area (Å²) in [6.45, 7) is -0.467. The van der Waals surface area contributed by atoms with Crippen LogP contribution in [-0.4, -0.2) is 76.8 Å². The van der Waals surface area contributed by atoms with Crippen molar-refractivity contribution in [1.82, 2.24) is 19.9 Å². The zero-order valence-corrected chi connectivity index (χ0v) is 11.5. The van der Waals surface area contributed by atoms with Gasteiger partial charge >= 0.3 is 0 Å². The van der Waals surface area contributed by atoms with Crippen molar-refractivity contribution in [2.24, 2.45) is 0 Å². The Morgan fingerprint density at radius 2 is 1.95 bits per heavy atom. The topological polar surface area (TPSA) is 145 Å². The molecule has 0 saturated carbocycles. The molecule has 3 rings (SSSR count). The highest BCUT2D eigenvalue weighted by Crippen LogP contribution is 2.34. The smallest absolute Gasteiger partial charge is 0.181 e. The van der Waals surface area contributed by atoms with Gasteiger partial charge in [-0.15, -0.1) is 0 Å². The van der Waals surface area contributed by atoms with Crippen LogP contribution in [0.3, 0.4) is 0 Å². The van der Waals surface area contributed by atoms with Crippen LogP contribution in [0.15, 0.2) is 17.7 Å². The largest absolute Gasteiger partial charge is 0.394 e. The normalized spacial score (nSPS) is 33.4. The van der Waals surface area contributed by atoms with Crippen molar-refractivity contribution in [2.45, 2.75) is 34.9 Å². The average Bonchev–Trinajstić information content (AvgIpc) is 2.97. The summed E-state index contributed by atoms with van der Waals surface area (Å²) >= 11 is 1.05. The van der Waals surface area contributed by atoms with E-state index in [0.717, 1.165) is 11.8 Å². The molecule has 0 aromatic carbocycles. The minimum absolute atomic E-state index is 0.467. The number of imidazole rings is 1. The van der Waals surface area contributed by atoms with E-state index in [0.29, 0.717) is 16.2 Å². The third-order valence-corrected chi connectivity index (χ3v) is 4.42. The van der Waals surface area contributed by atoms with E-state index in [1.165, 1.54) is 12.7 Å². The van der Waals surface area contributed by atoms with Gasteiger partial charge in [-0.25, -0.2) is 15.0 Å². The molecule has 0 aliphatic carbocycles. The minimum atomic E-state index is -1.41. The lowest BCUT2D eigenvalue weighted by Gasteiger charge is -2.39. The molecule has 0 bridgehead atoms. The fourth-order valence-electron chi connectivity index (χ4n) is 2.11. The molecule has 3 heterocycles. The monoisotopic (exact) mass is 314 g/mol. The second-order valence-electron chi connectivity index (χ2n) is 4.60. The molecular weight excluding hydrogens is 300 g/mol. The van der Waals surface area contributed by atoms with Gasteiger partial charge < -0.3 is 30.1 Å². The second kappa shape index (κ2) is 5.83. The maximum absolute atomic E-state index is 10.00. The minimum Gasteiger partial charge on any atom is -0.394 e. The summed E-state index contributed by atoms with van der Waals surface area (Å²) in [6.07, 6.45) is -2.25. The van der Waals surface area contributed by atoms with Crippen LogP contribution in [0, 0.1) is 0 Å². The van der Waals surface area contributed by atoms with Gasteiger partial charge in [0.25, 0.3) is 0 Å². The summed E-state index contributed by atoms with van der Waals surface area (Å²) in [4.78, 5) is 14.9. The standard InChI is InChI=1S/C11H14N4O5S/c16-1-4-6(17)7(18)8(19)11(20-4)21-10-5-9(13-2-12-5)14-3-15-10/h2-4,6-8,11,16-19H,1H2,(H,12,13,14,15)/t4-,6+,7-,8+,11+/m0/s1. The summed E-state index contributed by atoms with van der Waals surface area (Å²) in [6, 6.07) is 0. The SMILES string of the molecule is OC[C@@H]1O[C@H](Sc2ncnc3nc[nH]c23)[C@H](O)[C@@H](O)[C@@H]1O. The fourth-order valence-corrected chi connectivity index (χ4v) is 3.20. The average molecular weight is 314 g/mol. The second-order valence-corrected chi connectivity index (χ2v) is 5.68. The zero-order chi connectivity index (χ0) is 15.0. The van der Waals surface area contributed by atoms with Crippen LogP contribution in [0.25, 0.3) is 11.2 Å². The first-order valence-electron chi connectivity index (χ1n) is 6.23. The van der Waals surface area contributed by atoms with E-state index in [1.807, 2.05) is 0 Å². The first-order chi connectivity index (χ1) is 10.1. The maximum atomic E-state index is 10.00. The molecule has 1 aliphatic rings. The Morgan fingerprint density at radius 1 is 1.14 bits per heavy atom. The number of hydrogen-bond donors (Lipinski definition) is 5. The van der Waals surface area contributed by atoms with Crippen molar-refractivity contribution in [3.63, 3.8) is 0 Å². The van der Waals surface area contributed by atoms with Crippen LogP contribution in [0.1, 0.15) is 0 Å². The molecule has 2 aromatic rings. The molecule has 1 saturated heterocycles. The van der Waals surface area contributed by atoms with Gasteiger partial charge in [0.2, 0.25) is 0 Å². The van der Waals surface area contributed by atoms with Gasteiger partial charge in [0, 0.05) is 0 Å². The lowest BCUT2D eigenvalue weighted by Crippen LogP contribution is -2.57. The number of H-pyrrole nitrogens is 1. The Morgan fingerprint density at radius 3 is 2.71 bits per heavy atom. The van der Waals surface area contributed by atoms with Crippen LogP contribution in [-0.2, 0) is 4.74 Å². The Kier molecular flexibility index (Phi) is 4.06. The maximum Gasteiger partial charge on any atom is 0.181 e. The molecule has 21 heavy (non-hydrogen) atoms. The summed E-state index contributed by atoms with van der Waals surface area (Å²) in [5.41, 5.74) is 0.165. The number of rotatable bonds is 3. The number of fused-ring (bicyclic) bond motifs is 1. The number of nitrogens with one attached hydrogen (secondary N) is 1. The van der Waals surface area contributed by atoms with Crippen LogP contribution >= 0.6 is 11.8 Å². The zero-order valence-electron chi connectivity index (χ0n) is 10.7. The lowest BCUT2D eigenvalue weighted by atomic mass is 10.0. The molecule has 1 fully saturated rings. The van der Waals surface area contributed by atoms with Crippen LogP contribution in [0.5, 0.6) is 0 Å². The molecule has 114 valence electrons. The molecule has 2 aromatic heterocycles. The van der Waals surface area contributed by atoms with Crippen LogP contribution < -0.4 is 0 Å². The van der Waals surface area contributed by atoms with Crippen LogP contribution in [0.4, 0.5) is 0 Å². The number of aliphatic hydroxyl groups excluding tert-OH is 4. The Hall–Kier alpha value is -1.30. The number of nitrogens with zero attached hydrogens (tertiary/aromatic N) is 3. The number of hydrogen-bond acceptors (Lipinski definition) is 9. The number of thioether (sulfide) groups is 1. The predicted octanol–water partition coefficient (Wildman–Crippen LogP) is -1.76. The first-order valence-corrected chi connectivity index (χ1v) is 7.11. The fraction of sp³-hybridized carbons (Fsp3) is 0.545. The van der Waals surface area contributed by atoms with Gasteiger partial charge in [0.1, 0.15) is 46.7 Å². The Bertz CT molecular complexity index is 623. The Balaban J connectivity index is 1.85. The number of aliphatic hydroxyl groups is 4. The number of aromatic nitrogens is 4. The van der Waals surface area contributed by atoms with Gasteiger partial charge in [-0.2, -0.15) is 0 Å². The molecule has 5 atom stereocenters. The molecule has 0 amide bonds. The van der Waals surface area contributed by atoms with Crippen molar-refractivity contribution in [3.8, 4) is 0 Å². The van der Waals surface area contributed by atoms with E-state index < -0.39 is 36.5 Å². The van der Waals surface area contributed by atoms with Gasteiger partial charge in [0.15, 0.2) is 5.65 Å². The van der Waals surface area contributed by atoms with Crippen molar-refractivity contribution in [2.75, 3.05) is 6.61 Å². The molecule has 5 N–H and O–H groups in total. The van der Waals surface area contributed by atoms with E-state index in [4.69, 9.17) is 9.84 Å². The molecule has 1 aliphatic heterocycles. The van der Waals surface area contributed by atoms with E-state index in [1.54, 1.807) is 0 Å². The van der Waals surface area contributed by atoms with E-state index in [2.05, 4.69) is 19.9 Å². The predicted molar refractivity (Wildman–Crippen MR) is 71.3 cm³/mol. The first kappa shape index (κ1) is 14.6. The van der Waals surface area contributed by atoms with E-state index >= 15 is 0 Å². The molecule has 0 spiro atoms. The van der Waals surface area contributed by atoms with E-state index in [9.17, 15) is 15.3 Å². The lowest BCUT2D eigenvalue weighted by molar-refractivity contribution is -0.205. The molecule has 10 heteroatoms. The number of aromatic amines is 1. The summed E-state index contributed by atoms with van der Waals surface area (Å²) in [5.74, 6) is 0. The molecule has 0 unspecified atom stereocenters.